The van der Waals surface area contributed by atoms with Gasteiger partial charge in [0.15, 0.2) is 11.3 Å². The van der Waals surface area contributed by atoms with E-state index in [0.29, 0.717) is 21.9 Å². The zero-order valence-electron chi connectivity index (χ0n) is 12.0. The second-order valence-corrected chi connectivity index (χ2v) is 5.34. The molecule has 7 heteroatoms. The van der Waals surface area contributed by atoms with Crippen LogP contribution in [0.25, 0.3) is 11.0 Å². The number of non-ortho nitro benzene ring substituents is 1. The van der Waals surface area contributed by atoms with Crippen molar-refractivity contribution in [2.45, 2.75) is 6.92 Å². The maximum atomic E-state index is 12.4. The molecule has 0 saturated carbocycles. The van der Waals surface area contributed by atoms with Gasteiger partial charge in [-0.3, -0.25) is 14.9 Å². The van der Waals surface area contributed by atoms with Gasteiger partial charge in [0, 0.05) is 28.8 Å². The summed E-state index contributed by atoms with van der Waals surface area (Å²) in [6.07, 6.45) is 0. The summed E-state index contributed by atoms with van der Waals surface area (Å²) in [6, 6.07) is 10.8. The number of anilines is 1. The second kappa shape index (κ2) is 5.73. The molecule has 0 radical (unpaired) electrons. The molecule has 0 aliphatic heterocycles. The van der Waals surface area contributed by atoms with Crippen molar-refractivity contribution in [3.05, 3.63) is 68.9 Å². The van der Waals surface area contributed by atoms with E-state index in [1.165, 1.54) is 24.3 Å². The molecule has 3 aromatic rings. The van der Waals surface area contributed by atoms with E-state index in [1.54, 1.807) is 19.1 Å². The van der Waals surface area contributed by atoms with Gasteiger partial charge < -0.3 is 9.73 Å². The van der Waals surface area contributed by atoms with E-state index in [1.807, 2.05) is 6.07 Å². The van der Waals surface area contributed by atoms with Crippen LogP contribution < -0.4 is 5.32 Å². The normalized spacial score (nSPS) is 10.7. The Bertz CT molecular complexity index is 916. The molecule has 0 aliphatic carbocycles. The van der Waals surface area contributed by atoms with Crippen molar-refractivity contribution in [2.75, 3.05) is 5.32 Å². The van der Waals surface area contributed by atoms with Gasteiger partial charge >= 0.3 is 0 Å². The summed E-state index contributed by atoms with van der Waals surface area (Å²) >= 11 is 6.06. The zero-order valence-corrected chi connectivity index (χ0v) is 12.8. The molecule has 1 amide bonds. The predicted molar refractivity (Wildman–Crippen MR) is 87.0 cm³/mol. The minimum Gasteiger partial charge on any atom is -0.449 e. The number of amides is 1. The maximum Gasteiger partial charge on any atom is 0.291 e. The van der Waals surface area contributed by atoms with Gasteiger partial charge in [0.1, 0.15) is 0 Å². The molecule has 1 aromatic heterocycles. The number of fused-ring (bicyclic) bond motifs is 1. The maximum absolute atomic E-state index is 12.4. The number of benzene rings is 2. The van der Waals surface area contributed by atoms with Crippen molar-refractivity contribution < 1.29 is 14.1 Å². The highest BCUT2D eigenvalue weighted by Crippen LogP contribution is 2.31. The van der Waals surface area contributed by atoms with Crippen molar-refractivity contribution in [2.24, 2.45) is 0 Å². The van der Waals surface area contributed by atoms with Gasteiger partial charge in [-0.15, -0.1) is 0 Å². The van der Waals surface area contributed by atoms with Crippen LogP contribution in [0.5, 0.6) is 0 Å². The Morgan fingerprint density at radius 1 is 1.22 bits per heavy atom. The molecule has 6 nitrogen and oxygen atoms in total. The van der Waals surface area contributed by atoms with Crippen molar-refractivity contribution in [3.8, 4) is 0 Å². The average Bonchev–Trinajstić information content (AvgIpc) is 2.87. The Morgan fingerprint density at radius 2 is 1.91 bits per heavy atom. The number of aryl methyl sites for hydroxylation is 1. The van der Waals surface area contributed by atoms with E-state index in [2.05, 4.69) is 5.32 Å². The van der Waals surface area contributed by atoms with Crippen LogP contribution in [0.4, 0.5) is 11.4 Å². The third-order valence-corrected chi connectivity index (χ3v) is 3.76. The fraction of sp³-hybridized carbons (Fsp3) is 0.0625. The first-order chi connectivity index (χ1) is 11.0. The fourth-order valence-corrected chi connectivity index (χ4v) is 2.49. The van der Waals surface area contributed by atoms with E-state index < -0.39 is 10.8 Å². The number of nitrogens with one attached hydrogen (secondary N) is 1. The second-order valence-electron chi connectivity index (χ2n) is 4.93. The molecule has 0 fully saturated rings. The van der Waals surface area contributed by atoms with Crippen LogP contribution in [0.3, 0.4) is 0 Å². The van der Waals surface area contributed by atoms with Crippen molar-refractivity contribution in [1.29, 1.82) is 0 Å². The van der Waals surface area contributed by atoms with Crippen molar-refractivity contribution in [1.82, 2.24) is 0 Å². The number of rotatable bonds is 3. The van der Waals surface area contributed by atoms with E-state index in [-0.39, 0.29) is 11.4 Å². The number of hydrogen-bond donors (Lipinski definition) is 1. The van der Waals surface area contributed by atoms with Gasteiger partial charge in [0.2, 0.25) is 0 Å². The lowest BCUT2D eigenvalue weighted by Gasteiger charge is -2.03. The van der Waals surface area contributed by atoms with Crippen LogP contribution in [0, 0.1) is 17.0 Å². The van der Waals surface area contributed by atoms with Crippen molar-refractivity contribution >= 4 is 39.9 Å². The molecule has 2 aromatic carbocycles. The standard InChI is InChI=1S/C16H11ClN2O4/c1-9-12-3-2-4-13(17)15(12)23-14(9)16(20)18-10-5-7-11(8-6-10)19(21)22/h2-8H,1H3,(H,18,20). The fourth-order valence-electron chi connectivity index (χ4n) is 2.28. The van der Waals surface area contributed by atoms with E-state index in [4.69, 9.17) is 16.0 Å². The van der Waals surface area contributed by atoms with Crippen molar-refractivity contribution in [3.63, 3.8) is 0 Å². The zero-order chi connectivity index (χ0) is 16.6. The van der Waals surface area contributed by atoms with Crippen LogP contribution in [-0.4, -0.2) is 10.8 Å². The molecular formula is C16H11ClN2O4. The number of hydrogen-bond acceptors (Lipinski definition) is 4. The van der Waals surface area contributed by atoms with Crippen LogP contribution >= 0.6 is 11.6 Å². The number of carbonyl (C=O) groups excluding carboxylic acids is 1. The molecular weight excluding hydrogens is 320 g/mol. The topological polar surface area (TPSA) is 85.4 Å². The number of nitrogens with zero attached hydrogens (tertiary/aromatic N) is 1. The van der Waals surface area contributed by atoms with Gasteiger partial charge in [-0.1, -0.05) is 23.7 Å². The average molecular weight is 331 g/mol. The van der Waals surface area contributed by atoms with Crippen LogP contribution in [0.1, 0.15) is 16.1 Å². The van der Waals surface area contributed by atoms with E-state index in [9.17, 15) is 14.9 Å². The Morgan fingerprint density at radius 3 is 2.52 bits per heavy atom. The molecule has 0 unspecified atom stereocenters. The highest BCUT2D eigenvalue weighted by atomic mass is 35.5. The first kappa shape index (κ1) is 15.1. The highest BCUT2D eigenvalue weighted by molar-refractivity contribution is 6.35. The van der Waals surface area contributed by atoms with Crippen LogP contribution in [0.2, 0.25) is 5.02 Å². The van der Waals surface area contributed by atoms with Crippen LogP contribution in [0.15, 0.2) is 46.9 Å². The summed E-state index contributed by atoms with van der Waals surface area (Å²) in [4.78, 5) is 22.5. The summed E-state index contributed by atoms with van der Waals surface area (Å²) in [6.45, 7) is 1.77. The summed E-state index contributed by atoms with van der Waals surface area (Å²) in [7, 11) is 0. The van der Waals surface area contributed by atoms with Gasteiger partial charge in [-0.25, -0.2) is 0 Å². The molecule has 0 aliphatic rings. The minimum atomic E-state index is -0.503. The van der Waals surface area contributed by atoms with Gasteiger partial charge in [-0.05, 0) is 25.1 Å². The molecule has 3 rings (SSSR count). The number of furan rings is 1. The number of nitro benzene ring substituents is 1. The number of para-hydroxylation sites is 1. The summed E-state index contributed by atoms with van der Waals surface area (Å²) in [5.74, 6) is -0.282. The quantitative estimate of drug-likeness (QED) is 0.563. The third kappa shape index (κ3) is 2.76. The lowest BCUT2D eigenvalue weighted by Crippen LogP contribution is -2.12. The molecule has 1 heterocycles. The molecule has 0 spiro atoms. The summed E-state index contributed by atoms with van der Waals surface area (Å²) in [5.41, 5.74) is 1.53. The van der Waals surface area contributed by atoms with E-state index in [0.717, 1.165) is 5.39 Å². The first-order valence-corrected chi connectivity index (χ1v) is 7.08. The SMILES string of the molecule is Cc1c(C(=O)Nc2ccc([N+](=O)[O-])cc2)oc2c(Cl)cccc12. The highest BCUT2D eigenvalue weighted by Gasteiger charge is 2.19. The number of carbonyl (C=O) groups is 1. The summed E-state index contributed by atoms with van der Waals surface area (Å²) < 4.78 is 5.57. The Labute approximate surface area is 135 Å². The molecule has 0 saturated heterocycles. The van der Waals surface area contributed by atoms with Gasteiger partial charge in [-0.2, -0.15) is 0 Å². The lowest BCUT2D eigenvalue weighted by molar-refractivity contribution is -0.384. The smallest absolute Gasteiger partial charge is 0.291 e. The Balaban J connectivity index is 1.90. The summed E-state index contributed by atoms with van der Waals surface area (Å²) in [5, 5.41) is 14.5. The van der Waals surface area contributed by atoms with Gasteiger partial charge in [0.05, 0.1) is 9.95 Å². The molecule has 23 heavy (non-hydrogen) atoms. The predicted octanol–water partition coefficient (Wildman–Crippen LogP) is 4.56. The Hall–Kier alpha value is -2.86. The largest absolute Gasteiger partial charge is 0.449 e. The minimum absolute atomic E-state index is 0.0466. The number of halogens is 1. The number of nitro groups is 1. The first-order valence-electron chi connectivity index (χ1n) is 6.71. The molecule has 116 valence electrons. The molecule has 0 bridgehead atoms. The molecule has 0 atom stereocenters. The monoisotopic (exact) mass is 330 g/mol. The van der Waals surface area contributed by atoms with E-state index >= 15 is 0 Å². The lowest BCUT2D eigenvalue weighted by atomic mass is 10.1. The van der Waals surface area contributed by atoms with Gasteiger partial charge in [0.25, 0.3) is 11.6 Å². The Kier molecular flexibility index (Phi) is 3.75. The van der Waals surface area contributed by atoms with Crippen LogP contribution in [-0.2, 0) is 0 Å². The molecule has 1 N–H and O–H groups in total. The third-order valence-electron chi connectivity index (χ3n) is 3.46.